The van der Waals surface area contributed by atoms with E-state index in [0.717, 1.165) is 12.3 Å². The van der Waals surface area contributed by atoms with Crippen molar-refractivity contribution in [1.82, 2.24) is 4.57 Å². The first-order chi connectivity index (χ1) is 9.10. The van der Waals surface area contributed by atoms with Crippen LogP contribution in [-0.4, -0.2) is 11.7 Å². The van der Waals surface area contributed by atoms with Crippen molar-refractivity contribution in [3.8, 4) is 5.75 Å². The molecule has 0 radical (unpaired) electrons. The van der Waals surface area contributed by atoms with Crippen molar-refractivity contribution in [1.29, 1.82) is 0 Å². The molecule has 1 unspecified atom stereocenters. The van der Waals surface area contributed by atoms with Gasteiger partial charge >= 0.3 is 0 Å². The maximum atomic E-state index is 6.15. The van der Waals surface area contributed by atoms with Crippen LogP contribution in [-0.2, 0) is 6.54 Å². The van der Waals surface area contributed by atoms with Crippen LogP contribution in [0.15, 0.2) is 42.7 Å². The Kier molecular flexibility index (Phi) is 4.27. The molecule has 0 saturated heterocycles. The van der Waals surface area contributed by atoms with E-state index in [1.807, 2.05) is 12.1 Å². The Labute approximate surface area is 115 Å². The molecule has 1 aromatic carbocycles. The number of hydrogen-bond acceptors (Lipinski definition) is 2. The smallest absolute Gasteiger partial charge is 0.118 e. The molecule has 1 atom stereocenters. The van der Waals surface area contributed by atoms with Crippen molar-refractivity contribution in [3.63, 3.8) is 0 Å². The Morgan fingerprint density at radius 1 is 1.16 bits per heavy atom. The number of hydrogen-bond donors (Lipinski definition) is 1. The Balaban J connectivity index is 2.06. The highest BCUT2D eigenvalue weighted by molar-refractivity contribution is 5.27. The summed E-state index contributed by atoms with van der Waals surface area (Å²) < 4.78 is 7.32. The molecule has 3 heteroatoms. The van der Waals surface area contributed by atoms with Gasteiger partial charge in [0, 0.05) is 25.0 Å². The van der Waals surface area contributed by atoms with E-state index >= 15 is 0 Å². The van der Waals surface area contributed by atoms with Gasteiger partial charge in [-0.1, -0.05) is 26.0 Å². The topological polar surface area (TPSA) is 40.2 Å². The summed E-state index contributed by atoms with van der Waals surface area (Å²) in [5, 5.41) is 0. The summed E-state index contributed by atoms with van der Waals surface area (Å²) in [6, 6.07) is 10.4. The standard InChI is InChI=1S/C16H22N2O/c1-12(2)16(17)14-8-9-18(11-14)10-13-4-6-15(19-3)7-5-13/h4-9,11-12,16H,10,17H2,1-3H3. The summed E-state index contributed by atoms with van der Waals surface area (Å²) in [6.45, 7) is 5.14. The Morgan fingerprint density at radius 3 is 2.42 bits per heavy atom. The van der Waals surface area contributed by atoms with Crippen molar-refractivity contribution in [3.05, 3.63) is 53.9 Å². The van der Waals surface area contributed by atoms with Gasteiger partial charge in [0.15, 0.2) is 0 Å². The predicted molar refractivity (Wildman–Crippen MR) is 78.3 cm³/mol. The van der Waals surface area contributed by atoms with Crippen LogP contribution in [0.2, 0.25) is 0 Å². The SMILES string of the molecule is COc1ccc(Cn2ccc(C(N)C(C)C)c2)cc1. The van der Waals surface area contributed by atoms with Crippen LogP contribution in [0.3, 0.4) is 0 Å². The van der Waals surface area contributed by atoms with E-state index in [4.69, 9.17) is 10.5 Å². The molecule has 2 rings (SSSR count). The second-order valence-corrected chi connectivity index (χ2v) is 5.24. The van der Waals surface area contributed by atoms with Gasteiger partial charge in [0.25, 0.3) is 0 Å². The van der Waals surface area contributed by atoms with E-state index in [1.54, 1.807) is 7.11 Å². The van der Waals surface area contributed by atoms with Gasteiger partial charge in [-0.3, -0.25) is 0 Å². The lowest BCUT2D eigenvalue weighted by molar-refractivity contribution is 0.414. The van der Waals surface area contributed by atoms with Crippen molar-refractivity contribution in [2.75, 3.05) is 7.11 Å². The van der Waals surface area contributed by atoms with Crippen LogP contribution in [0.25, 0.3) is 0 Å². The van der Waals surface area contributed by atoms with Gasteiger partial charge in [0.05, 0.1) is 7.11 Å². The molecule has 0 fully saturated rings. The largest absolute Gasteiger partial charge is 0.497 e. The predicted octanol–water partition coefficient (Wildman–Crippen LogP) is 3.20. The highest BCUT2D eigenvalue weighted by Crippen LogP contribution is 2.20. The molecule has 0 spiro atoms. The van der Waals surface area contributed by atoms with E-state index < -0.39 is 0 Å². The maximum Gasteiger partial charge on any atom is 0.118 e. The minimum absolute atomic E-state index is 0.108. The summed E-state index contributed by atoms with van der Waals surface area (Å²) in [5.74, 6) is 1.34. The van der Waals surface area contributed by atoms with Crippen molar-refractivity contribution < 1.29 is 4.74 Å². The molecule has 0 aliphatic rings. The molecule has 0 aliphatic carbocycles. The number of methoxy groups -OCH3 is 1. The van der Waals surface area contributed by atoms with Crippen LogP contribution in [0, 0.1) is 5.92 Å². The van der Waals surface area contributed by atoms with E-state index in [9.17, 15) is 0 Å². The highest BCUT2D eigenvalue weighted by Gasteiger charge is 2.11. The van der Waals surface area contributed by atoms with Crippen LogP contribution in [0.4, 0.5) is 0 Å². The molecule has 1 aromatic heterocycles. The number of rotatable bonds is 5. The highest BCUT2D eigenvalue weighted by atomic mass is 16.5. The molecule has 3 nitrogen and oxygen atoms in total. The van der Waals surface area contributed by atoms with Crippen LogP contribution < -0.4 is 10.5 Å². The fourth-order valence-electron chi connectivity index (χ4n) is 2.08. The first kappa shape index (κ1) is 13.7. The second-order valence-electron chi connectivity index (χ2n) is 5.24. The summed E-state index contributed by atoms with van der Waals surface area (Å²) in [7, 11) is 1.68. The first-order valence-corrected chi connectivity index (χ1v) is 6.64. The normalized spacial score (nSPS) is 12.7. The lowest BCUT2D eigenvalue weighted by Crippen LogP contribution is -2.15. The maximum absolute atomic E-state index is 6.15. The van der Waals surface area contributed by atoms with E-state index in [2.05, 4.69) is 49.0 Å². The average molecular weight is 258 g/mol. The molecule has 1 heterocycles. The summed E-state index contributed by atoms with van der Waals surface area (Å²) in [5.41, 5.74) is 8.60. The Bertz CT molecular complexity index is 514. The fourth-order valence-corrected chi connectivity index (χ4v) is 2.08. The quantitative estimate of drug-likeness (QED) is 0.894. The average Bonchev–Trinajstić information content (AvgIpc) is 2.87. The van der Waals surface area contributed by atoms with Gasteiger partial charge in [-0.05, 0) is 35.2 Å². The van der Waals surface area contributed by atoms with Gasteiger partial charge in [0.2, 0.25) is 0 Å². The number of ether oxygens (including phenoxy) is 1. The number of benzene rings is 1. The van der Waals surface area contributed by atoms with Crippen LogP contribution in [0.1, 0.15) is 31.0 Å². The van der Waals surface area contributed by atoms with Gasteiger partial charge in [-0.15, -0.1) is 0 Å². The minimum atomic E-state index is 0.108. The third kappa shape index (κ3) is 3.38. The van der Waals surface area contributed by atoms with Gasteiger partial charge in [0.1, 0.15) is 5.75 Å². The molecule has 19 heavy (non-hydrogen) atoms. The molecular formula is C16H22N2O. The minimum Gasteiger partial charge on any atom is -0.497 e. The van der Waals surface area contributed by atoms with Crippen molar-refractivity contribution >= 4 is 0 Å². The lowest BCUT2D eigenvalue weighted by Gasteiger charge is -2.13. The van der Waals surface area contributed by atoms with E-state index in [0.29, 0.717) is 5.92 Å². The van der Waals surface area contributed by atoms with Gasteiger partial charge in [-0.25, -0.2) is 0 Å². The van der Waals surface area contributed by atoms with E-state index in [-0.39, 0.29) is 6.04 Å². The Hall–Kier alpha value is -1.74. The lowest BCUT2D eigenvalue weighted by atomic mass is 10.00. The summed E-state index contributed by atoms with van der Waals surface area (Å²) >= 11 is 0. The summed E-state index contributed by atoms with van der Waals surface area (Å²) in [4.78, 5) is 0. The zero-order valence-corrected chi connectivity index (χ0v) is 11.8. The molecule has 102 valence electrons. The molecule has 2 N–H and O–H groups in total. The zero-order chi connectivity index (χ0) is 13.8. The first-order valence-electron chi connectivity index (χ1n) is 6.64. The number of aromatic nitrogens is 1. The van der Waals surface area contributed by atoms with Crippen LogP contribution >= 0.6 is 0 Å². The van der Waals surface area contributed by atoms with Crippen LogP contribution in [0.5, 0.6) is 5.75 Å². The molecule has 0 aliphatic heterocycles. The van der Waals surface area contributed by atoms with E-state index in [1.165, 1.54) is 11.1 Å². The Morgan fingerprint density at radius 2 is 1.84 bits per heavy atom. The molecule has 0 bridgehead atoms. The van der Waals surface area contributed by atoms with Gasteiger partial charge in [-0.2, -0.15) is 0 Å². The number of nitrogens with zero attached hydrogens (tertiary/aromatic N) is 1. The zero-order valence-electron chi connectivity index (χ0n) is 11.8. The fraction of sp³-hybridized carbons (Fsp3) is 0.375. The second kappa shape index (κ2) is 5.93. The number of nitrogens with two attached hydrogens (primary N) is 1. The van der Waals surface area contributed by atoms with Crippen molar-refractivity contribution in [2.24, 2.45) is 11.7 Å². The van der Waals surface area contributed by atoms with Gasteiger partial charge < -0.3 is 15.0 Å². The molecule has 0 amide bonds. The molecular weight excluding hydrogens is 236 g/mol. The monoisotopic (exact) mass is 258 g/mol. The summed E-state index contributed by atoms with van der Waals surface area (Å²) in [6.07, 6.45) is 4.22. The molecule has 0 saturated carbocycles. The van der Waals surface area contributed by atoms with Crippen molar-refractivity contribution in [2.45, 2.75) is 26.4 Å². The third-order valence-electron chi connectivity index (χ3n) is 3.40. The third-order valence-corrected chi connectivity index (χ3v) is 3.40. The molecule has 2 aromatic rings.